The molecule has 1 saturated carbocycles. The number of hydrogen-bond donors (Lipinski definition) is 1. The molecule has 1 atom stereocenters. The van der Waals surface area contributed by atoms with E-state index in [0.717, 1.165) is 18.4 Å². The standard InChI is InChI=1S/C14H16ClNO3S/c15-11-3-1-10(2-4-11)14(6-7-14)13(17)16-12-5-8-20(18,19)9-12/h1-4,12H,5-9H2,(H,16,17). The van der Waals surface area contributed by atoms with Crippen molar-refractivity contribution in [1.82, 2.24) is 5.32 Å². The highest BCUT2D eigenvalue weighted by atomic mass is 35.5. The summed E-state index contributed by atoms with van der Waals surface area (Å²) < 4.78 is 22.9. The van der Waals surface area contributed by atoms with Crippen molar-refractivity contribution in [3.8, 4) is 0 Å². The van der Waals surface area contributed by atoms with E-state index < -0.39 is 15.3 Å². The van der Waals surface area contributed by atoms with E-state index in [9.17, 15) is 13.2 Å². The minimum Gasteiger partial charge on any atom is -0.352 e. The van der Waals surface area contributed by atoms with Crippen molar-refractivity contribution in [3.63, 3.8) is 0 Å². The van der Waals surface area contributed by atoms with E-state index >= 15 is 0 Å². The molecule has 3 rings (SSSR count). The Morgan fingerprint density at radius 1 is 1.25 bits per heavy atom. The van der Waals surface area contributed by atoms with Crippen LogP contribution in [0, 0.1) is 0 Å². The van der Waals surface area contributed by atoms with Crippen molar-refractivity contribution in [2.45, 2.75) is 30.7 Å². The molecule has 1 aromatic carbocycles. The van der Waals surface area contributed by atoms with E-state index in [1.54, 1.807) is 12.1 Å². The second-order valence-corrected chi connectivity index (χ2v) is 8.33. The lowest BCUT2D eigenvalue weighted by atomic mass is 9.94. The largest absolute Gasteiger partial charge is 0.352 e. The van der Waals surface area contributed by atoms with Crippen LogP contribution in [0.4, 0.5) is 0 Å². The van der Waals surface area contributed by atoms with Crippen molar-refractivity contribution in [2.75, 3.05) is 11.5 Å². The number of carbonyl (C=O) groups is 1. The Balaban J connectivity index is 1.72. The fraction of sp³-hybridized carbons (Fsp3) is 0.500. The maximum Gasteiger partial charge on any atom is 0.230 e. The Bertz CT molecular complexity index is 635. The minimum absolute atomic E-state index is 0.0538. The van der Waals surface area contributed by atoms with Crippen LogP contribution < -0.4 is 5.32 Å². The van der Waals surface area contributed by atoms with Crippen molar-refractivity contribution in [2.24, 2.45) is 0 Å². The first-order valence-corrected chi connectivity index (χ1v) is 8.89. The fourth-order valence-corrected chi connectivity index (χ4v) is 4.57. The molecule has 2 aliphatic rings. The Morgan fingerprint density at radius 2 is 1.90 bits per heavy atom. The Hall–Kier alpha value is -1.07. The van der Waals surface area contributed by atoms with Gasteiger partial charge in [-0.1, -0.05) is 23.7 Å². The minimum atomic E-state index is -2.97. The molecule has 6 heteroatoms. The summed E-state index contributed by atoms with van der Waals surface area (Å²) in [6.45, 7) is 0. The average Bonchev–Trinajstić information content (AvgIpc) is 3.12. The fourth-order valence-electron chi connectivity index (χ4n) is 2.77. The molecule has 1 N–H and O–H groups in total. The quantitative estimate of drug-likeness (QED) is 0.923. The second-order valence-electron chi connectivity index (χ2n) is 5.66. The summed E-state index contributed by atoms with van der Waals surface area (Å²) in [5.41, 5.74) is 0.483. The summed E-state index contributed by atoms with van der Waals surface area (Å²) in [6, 6.07) is 7.08. The van der Waals surface area contributed by atoms with E-state index in [1.165, 1.54) is 0 Å². The first-order chi connectivity index (χ1) is 9.41. The molecular weight excluding hydrogens is 298 g/mol. The zero-order valence-electron chi connectivity index (χ0n) is 10.9. The predicted octanol–water partition coefficient (Wildman–Crippen LogP) is 1.67. The molecule has 1 saturated heterocycles. The van der Waals surface area contributed by atoms with Gasteiger partial charge in [-0.25, -0.2) is 8.42 Å². The molecule has 0 bridgehead atoms. The predicted molar refractivity (Wildman–Crippen MR) is 77.6 cm³/mol. The summed E-state index contributed by atoms with van der Waals surface area (Å²) in [6.07, 6.45) is 2.13. The van der Waals surface area contributed by atoms with Gasteiger partial charge in [-0.05, 0) is 37.0 Å². The van der Waals surface area contributed by atoms with Gasteiger partial charge in [0.05, 0.1) is 16.9 Å². The summed E-state index contributed by atoms with van der Waals surface area (Å²) in [4.78, 5) is 12.4. The number of halogens is 1. The lowest BCUT2D eigenvalue weighted by Gasteiger charge is -2.19. The molecule has 1 aliphatic heterocycles. The molecule has 1 aromatic rings. The summed E-state index contributed by atoms with van der Waals surface area (Å²) >= 11 is 5.86. The van der Waals surface area contributed by atoms with Gasteiger partial charge >= 0.3 is 0 Å². The van der Waals surface area contributed by atoms with Gasteiger partial charge in [-0.3, -0.25) is 4.79 Å². The van der Waals surface area contributed by atoms with Crippen LogP contribution in [0.2, 0.25) is 5.02 Å². The molecule has 0 spiro atoms. The van der Waals surface area contributed by atoms with E-state index in [-0.39, 0.29) is 23.5 Å². The molecule has 0 aromatic heterocycles. The van der Waals surface area contributed by atoms with Crippen molar-refractivity contribution >= 4 is 27.3 Å². The van der Waals surface area contributed by atoms with E-state index in [0.29, 0.717) is 11.4 Å². The van der Waals surface area contributed by atoms with Crippen LogP contribution in [-0.4, -0.2) is 31.9 Å². The van der Waals surface area contributed by atoms with E-state index in [4.69, 9.17) is 11.6 Å². The zero-order valence-corrected chi connectivity index (χ0v) is 12.5. The zero-order chi connectivity index (χ0) is 14.4. The number of hydrogen-bond acceptors (Lipinski definition) is 3. The molecule has 1 unspecified atom stereocenters. The number of carbonyl (C=O) groups excluding carboxylic acids is 1. The number of benzene rings is 1. The van der Waals surface area contributed by atoms with Crippen LogP contribution in [-0.2, 0) is 20.0 Å². The van der Waals surface area contributed by atoms with Crippen LogP contribution in [0.5, 0.6) is 0 Å². The normalized spacial score (nSPS) is 26.1. The molecule has 1 amide bonds. The topological polar surface area (TPSA) is 63.2 Å². The highest BCUT2D eigenvalue weighted by Gasteiger charge is 2.51. The molecular formula is C14H16ClNO3S. The number of sulfone groups is 1. The number of nitrogens with one attached hydrogen (secondary N) is 1. The van der Waals surface area contributed by atoms with Gasteiger partial charge < -0.3 is 5.32 Å². The number of amides is 1. The van der Waals surface area contributed by atoms with Gasteiger partial charge in [-0.2, -0.15) is 0 Å². The Labute approximate surface area is 123 Å². The Morgan fingerprint density at radius 3 is 2.40 bits per heavy atom. The average molecular weight is 314 g/mol. The lowest BCUT2D eigenvalue weighted by Crippen LogP contribution is -2.42. The first-order valence-electron chi connectivity index (χ1n) is 6.69. The molecule has 0 radical (unpaired) electrons. The van der Waals surface area contributed by atoms with E-state index in [1.807, 2.05) is 12.1 Å². The third-order valence-corrected chi connectivity index (χ3v) is 6.17. The second kappa shape index (κ2) is 4.74. The van der Waals surface area contributed by atoms with Crippen molar-refractivity contribution < 1.29 is 13.2 Å². The molecule has 4 nitrogen and oxygen atoms in total. The van der Waals surface area contributed by atoms with Gasteiger partial charge in [-0.15, -0.1) is 0 Å². The molecule has 1 heterocycles. The number of rotatable bonds is 3. The van der Waals surface area contributed by atoms with Crippen LogP contribution >= 0.6 is 11.6 Å². The summed E-state index contributed by atoms with van der Waals surface area (Å²) in [7, 11) is -2.97. The first kappa shape index (κ1) is 13.9. The Kier molecular flexibility index (Phi) is 3.29. The third-order valence-electron chi connectivity index (χ3n) is 4.15. The van der Waals surface area contributed by atoms with Crippen molar-refractivity contribution in [3.05, 3.63) is 34.9 Å². The maximum atomic E-state index is 12.4. The van der Waals surface area contributed by atoms with Gasteiger partial charge in [0.1, 0.15) is 0 Å². The van der Waals surface area contributed by atoms with Gasteiger partial charge in [0.25, 0.3) is 0 Å². The third kappa shape index (κ3) is 2.56. The molecule has 2 fully saturated rings. The maximum absolute atomic E-state index is 12.4. The van der Waals surface area contributed by atoms with Crippen LogP contribution in [0.3, 0.4) is 0 Å². The summed E-state index contributed by atoms with van der Waals surface area (Å²) in [5, 5.41) is 3.54. The summed E-state index contributed by atoms with van der Waals surface area (Å²) in [5.74, 6) is 0.184. The monoisotopic (exact) mass is 313 g/mol. The molecule has 20 heavy (non-hydrogen) atoms. The van der Waals surface area contributed by atoms with Gasteiger partial charge in [0, 0.05) is 11.1 Å². The van der Waals surface area contributed by atoms with E-state index in [2.05, 4.69) is 5.32 Å². The van der Waals surface area contributed by atoms with Gasteiger partial charge in [0.2, 0.25) is 5.91 Å². The van der Waals surface area contributed by atoms with Crippen LogP contribution in [0.25, 0.3) is 0 Å². The SMILES string of the molecule is O=C(NC1CCS(=O)(=O)C1)C1(c2ccc(Cl)cc2)CC1. The van der Waals surface area contributed by atoms with Crippen LogP contribution in [0.15, 0.2) is 24.3 Å². The lowest BCUT2D eigenvalue weighted by molar-refractivity contribution is -0.124. The van der Waals surface area contributed by atoms with Crippen LogP contribution in [0.1, 0.15) is 24.8 Å². The highest BCUT2D eigenvalue weighted by Crippen LogP contribution is 2.48. The molecule has 108 valence electrons. The highest BCUT2D eigenvalue weighted by molar-refractivity contribution is 7.91. The molecule has 1 aliphatic carbocycles. The smallest absolute Gasteiger partial charge is 0.230 e. The van der Waals surface area contributed by atoms with Gasteiger partial charge in [0.15, 0.2) is 9.84 Å². The van der Waals surface area contributed by atoms with Crippen molar-refractivity contribution in [1.29, 1.82) is 0 Å².